The predicted octanol–water partition coefficient (Wildman–Crippen LogP) is 4.95. The zero-order valence-corrected chi connectivity index (χ0v) is 23.5. The normalized spacial score (nSPS) is 13.7. The number of rotatable bonds is 20. The summed E-state index contributed by atoms with van der Waals surface area (Å²) in [5.41, 5.74) is 0. The first-order valence-electron chi connectivity index (χ1n) is 13.4. The maximum absolute atomic E-state index is 12.2. The minimum Gasteiger partial charge on any atom is -0.756 e. The Morgan fingerprint density at radius 2 is 1.15 bits per heavy atom. The lowest BCUT2D eigenvalue weighted by molar-refractivity contribution is -0.959. The number of nitrogens with zero attached hydrogens (tertiary/aromatic N) is 1. The molecule has 0 aromatic heterocycles. The molecule has 2 unspecified atom stereocenters. The number of hydrogen-bond acceptors (Lipinski definition) is 4. The van der Waals surface area contributed by atoms with Crippen molar-refractivity contribution in [2.45, 2.75) is 142 Å². The molecule has 34 heavy (non-hydrogen) atoms. The number of quaternary nitrogens is 1. The smallest absolute Gasteiger partial charge is 0.262 e. The summed E-state index contributed by atoms with van der Waals surface area (Å²) in [6.45, 7) is 6.12. The molecule has 4 N–H and O–H groups in total. The molecule has 0 bridgehead atoms. The number of nitrogens with one attached hydrogen (secondary N) is 1. The lowest BCUT2D eigenvalue weighted by atomic mass is 10.0. The molecule has 0 spiro atoms. The third-order valence-corrected chi connectivity index (χ3v) is 6.49. The Labute approximate surface area is 209 Å². The van der Waals surface area contributed by atoms with Crippen LogP contribution in [0.25, 0.3) is 0 Å². The van der Waals surface area contributed by atoms with Crippen molar-refractivity contribution in [2.24, 2.45) is 0 Å². The molecule has 0 aliphatic rings. The molecule has 0 saturated carbocycles. The SMILES string of the molecule is CCCCCCCCCCCCCCCCCC(=O)NC(CC)[N+](C)(C)C(C)O.O=P([O-])(O)O. The van der Waals surface area contributed by atoms with Gasteiger partial charge >= 0.3 is 0 Å². The van der Waals surface area contributed by atoms with E-state index < -0.39 is 14.1 Å². The largest absolute Gasteiger partial charge is 0.756 e. The summed E-state index contributed by atoms with van der Waals surface area (Å²) in [6.07, 6.45) is 21.0. The van der Waals surface area contributed by atoms with Crippen molar-refractivity contribution in [1.29, 1.82) is 0 Å². The summed E-state index contributed by atoms with van der Waals surface area (Å²) in [7, 11) is -0.959. The molecule has 1 amide bonds. The quantitative estimate of drug-likeness (QED) is 0.0793. The standard InChI is InChI=1S/C25H52N2O2.H3O4P/c1-6-8-9-10-11-12-13-14-15-16-17-18-19-20-21-22-25(29)26-24(7-2)27(4,5)23(3)28;1-5(2,3)4/h23-24,28H,6-22H2,1-5H3;(H3,1,2,3,4). The van der Waals surface area contributed by atoms with Crippen LogP contribution in [0.2, 0.25) is 0 Å². The summed E-state index contributed by atoms with van der Waals surface area (Å²) in [6, 6.07) is 0. The van der Waals surface area contributed by atoms with E-state index in [1.807, 2.05) is 14.1 Å². The molecule has 206 valence electrons. The maximum atomic E-state index is 12.2. The van der Waals surface area contributed by atoms with E-state index in [1.54, 1.807) is 6.92 Å². The van der Waals surface area contributed by atoms with Gasteiger partial charge in [-0.25, -0.2) is 0 Å². The van der Waals surface area contributed by atoms with Crippen LogP contribution in [0.5, 0.6) is 0 Å². The van der Waals surface area contributed by atoms with Crippen LogP contribution in [0.1, 0.15) is 130 Å². The van der Waals surface area contributed by atoms with Crippen molar-refractivity contribution < 1.29 is 33.6 Å². The Hall–Kier alpha value is -0.500. The van der Waals surface area contributed by atoms with Crippen LogP contribution in [-0.2, 0) is 9.36 Å². The molecule has 0 aliphatic carbocycles. The highest BCUT2D eigenvalue weighted by atomic mass is 31.2. The van der Waals surface area contributed by atoms with Crippen molar-refractivity contribution in [3.63, 3.8) is 0 Å². The van der Waals surface area contributed by atoms with Gasteiger partial charge in [0.15, 0.2) is 12.4 Å². The summed E-state index contributed by atoms with van der Waals surface area (Å²) in [5, 5.41) is 13.0. The fourth-order valence-corrected chi connectivity index (χ4v) is 3.91. The van der Waals surface area contributed by atoms with E-state index in [-0.39, 0.29) is 12.1 Å². The van der Waals surface area contributed by atoms with Crippen LogP contribution in [0.3, 0.4) is 0 Å². The summed E-state index contributed by atoms with van der Waals surface area (Å²) < 4.78 is 9.17. The predicted molar refractivity (Wildman–Crippen MR) is 138 cm³/mol. The number of carbonyl (C=O) groups excluding carboxylic acids is 1. The first-order chi connectivity index (χ1) is 15.9. The molecule has 0 saturated heterocycles. The second kappa shape index (κ2) is 21.8. The summed E-state index contributed by atoms with van der Waals surface area (Å²) in [4.78, 5) is 35.1. The van der Waals surface area contributed by atoms with Gasteiger partial charge in [-0.1, -0.05) is 104 Å². The zero-order chi connectivity index (χ0) is 26.5. The monoisotopic (exact) mass is 510 g/mol. The minimum atomic E-state index is -4.89. The lowest BCUT2D eigenvalue weighted by Crippen LogP contribution is -2.61. The molecule has 0 fully saturated rings. The van der Waals surface area contributed by atoms with Gasteiger partial charge in [0.25, 0.3) is 7.82 Å². The molecule has 8 nitrogen and oxygen atoms in total. The third-order valence-electron chi connectivity index (χ3n) is 6.49. The van der Waals surface area contributed by atoms with Gasteiger partial charge in [0.1, 0.15) is 0 Å². The van der Waals surface area contributed by atoms with Gasteiger partial charge in [-0.05, 0) is 6.42 Å². The third kappa shape index (κ3) is 24.6. The Kier molecular flexibility index (Phi) is 22.8. The van der Waals surface area contributed by atoms with Crippen LogP contribution < -0.4 is 10.2 Å². The van der Waals surface area contributed by atoms with E-state index in [9.17, 15) is 9.90 Å². The molecular formula is C25H55N2O6P. The summed E-state index contributed by atoms with van der Waals surface area (Å²) >= 11 is 0. The van der Waals surface area contributed by atoms with Crippen molar-refractivity contribution in [3.8, 4) is 0 Å². The highest BCUT2D eigenvalue weighted by molar-refractivity contribution is 7.43. The lowest BCUT2D eigenvalue weighted by Gasteiger charge is -2.40. The first-order valence-corrected chi connectivity index (χ1v) is 15.0. The average Bonchev–Trinajstić information content (AvgIpc) is 2.73. The van der Waals surface area contributed by atoms with E-state index in [4.69, 9.17) is 19.2 Å². The van der Waals surface area contributed by atoms with Crippen molar-refractivity contribution in [1.82, 2.24) is 5.32 Å². The van der Waals surface area contributed by atoms with Crippen LogP contribution in [0, 0.1) is 0 Å². The van der Waals surface area contributed by atoms with Crippen LogP contribution in [-0.4, -0.2) is 51.8 Å². The highest BCUT2D eigenvalue weighted by Gasteiger charge is 2.32. The van der Waals surface area contributed by atoms with E-state index in [2.05, 4.69) is 19.2 Å². The van der Waals surface area contributed by atoms with Gasteiger partial charge in [-0.2, -0.15) is 0 Å². The Morgan fingerprint density at radius 1 is 0.824 bits per heavy atom. The first kappa shape index (κ1) is 35.7. The number of phosphoric acid groups is 1. The van der Waals surface area contributed by atoms with Crippen LogP contribution >= 0.6 is 7.82 Å². The van der Waals surface area contributed by atoms with Crippen molar-refractivity contribution in [2.75, 3.05) is 14.1 Å². The van der Waals surface area contributed by atoms with Crippen LogP contribution in [0.4, 0.5) is 0 Å². The number of amides is 1. The number of unbranched alkanes of at least 4 members (excludes halogenated alkanes) is 14. The van der Waals surface area contributed by atoms with Gasteiger partial charge < -0.3 is 25.1 Å². The summed E-state index contributed by atoms with van der Waals surface area (Å²) in [5.74, 6) is 0.124. The molecule has 0 aromatic rings. The average molecular weight is 511 g/mol. The molecule has 9 heteroatoms. The van der Waals surface area contributed by atoms with Crippen LogP contribution in [0.15, 0.2) is 0 Å². The number of hydrogen-bond donors (Lipinski definition) is 4. The van der Waals surface area contributed by atoms with Crippen molar-refractivity contribution >= 4 is 13.7 Å². The molecule has 0 radical (unpaired) electrons. The topological polar surface area (TPSA) is 130 Å². The number of aliphatic hydroxyl groups excluding tert-OH is 1. The number of carbonyl (C=O) groups is 1. The van der Waals surface area contributed by atoms with E-state index >= 15 is 0 Å². The molecule has 0 aromatic carbocycles. The second-order valence-corrected chi connectivity index (χ2v) is 10.9. The molecule has 2 atom stereocenters. The van der Waals surface area contributed by atoms with E-state index in [0.29, 0.717) is 10.9 Å². The fourth-order valence-electron chi connectivity index (χ4n) is 3.91. The fraction of sp³-hybridized carbons (Fsp3) is 0.960. The molecule has 0 aliphatic heterocycles. The highest BCUT2D eigenvalue weighted by Crippen LogP contribution is 2.19. The molecule has 0 rings (SSSR count). The van der Waals surface area contributed by atoms with E-state index in [0.717, 1.165) is 19.3 Å². The maximum Gasteiger partial charge on any atom is 0.262 e. The second-order valence-electron chi connectivity index (χ2n) is 9.94. The Morgan fingerprint density at radius 3 is 1.44 bits per heavy atom. The van der Waals surface area contributed by atoms with Gasteiger partial charge in [-0.15, -0.1) is 0 Å². The van der Waals surface area contributed by atoms with Gasteiger partial charge in [0, 0.05) is 19.8 Å². The Balaban J connectivity index is 0. The van der Waals surface area contributed by atoms with E-state index in [1.165, 1.54) is 83.5 Å². The molecule has 0 heterocycles. The van der Waals surface area contributed by atoms with Gasteiger partial charge in [-0.3, -0.25) is 13.8 Å². The molecular weight excluding hydrogens is 455 g/mol. The number of aliphatic hydroxyl groups is 1. The minimum absolute atomic E-state index is 0.0289. The van der Waals surface area contributed by atoms with Gasteiger partial charge in [0.05, 0.1) is 14.1 Å². The zero-order valence-electron chi connectivity index (χ0n) is 22.6. The van der Waals surface area contributed by atoms with Crippen molar-refractivity contribution in [3.05, 3.63) is 0 Å². The Bertz CT molecular complexity index is 517. The van der Waals surface area contributed by atoms with Gasteiger partial charge in [0.2, 0.25) is 5.91 Å².